The van der Waals surface area contributed by atoms with Gasteiger partial charge in [-0.15, -0.1) is 11.3 Å². The van der Waals surface area contributed by atoms with Gasteiger partial charge in [-0.25, -0.2) is 13.6 Å². The molecule has 0 atom stereocenters. The first-order chi connectivity index (χ1) is 9.95. The van der Waals surface area contributed by atoms with E-state index in [0.717, 1.165) is 35.6 Å². The Bertz CT molecular complexity index is 725. The molecule has 0 saturated heterocycles. The predicted octanol–water partition coefficient (Wildman–Crippen LogP) is 3.38. The molecule has 0 saturated carbocycles. The van der Waals surface area contributed by atoms with E-state index >= 15 is 0 Å². The molecule has 1 heterocycles. The van der Waals surface area contributed by atoms with Gasteiger partial charge in [-0.3, -0.25) is 4.79 Å². The molecule has 1 aromatic carbocycles. The van der Waals surface area contributed by atoms with Crippen molar-refractivity contribution in [3.63, 3.8) is 0 Å². The summed E-state index contributed by atoms with van der Waals surface area (Å²) in [7, 11) is 0. The maximum atomic E-state index is 13.4. The van der Waals surface area contributed by atoms with Gasteiger partial charge in [0.2, 0.25) is 0 Å². The lowest BCUT2D eigenvalue weighted by Gasteiger charge is -2.04. The van der Waals surface area contributed by atoms with Crippen LogP contribution in [0.2, 0.25) is 0 Å². The third-order valence-electron chi connectivity index (χ3n) is 2.42. The highest BCUT2D eigenvalue weighted by molar-refractivity contribution is 7.15. The van der Waals surface area contributed by atoms with Crippen LogP contribution in [0, 0.1) is 11.6 Å². The van der Waals surface area contributed by atoms with E-state index in [0.29, 0.717) is 4.88 Å². The lowest BCUT2D eigenvalue weighted by Crippen LogP contribution is -2.11. The van der Waals surface area contributed by atoms with E-state index in [4.69, 9.17) is 5.11 Å². The molecule has 108 valence electrons. The van der Waals surface area contributed by atoms with Gasteiger partial charge in [0, 0.05) is 17.0 Å². The van der Waals surface area contributed by atoms with Crippen molar-refractivity contribution in [3.05, 3.63) is 57.8 Å². The molecule has 0 radical (unpaired) electrons. The minimum absolute atomic E-state index is 0.253. The molecule has 7 heteroatoms. The van der Waals surface area contributed by atoms with Crippen LogP contribution in [0.3, 0.4) is 0 Å². The highest BCUT2D eigenvalue weighted by Gasteiger charge is 2.12. The van der Waals surface area contributed by atoms with Crippen molar-refractivity contribution in [1.29, 1.82) is 0 Å². The molecule has 2 aromatic rings. The zero-order chi connectivity index (χ0) is 15.4. The highest BCUT2D eigenvalue weighted by Crippen LogP contribution is 2.21. The Morgan fingerprint density at radius 1 is 1.19 bits per heavy atom. The zero-order valence-corrected chi connectivity index (χ0v) is 11.3. The number of carboxylic acids is 1. The summed E-state index contributed by atoms with van der Waals surface area (Å²) in [5.41, 5.74) is -0.254. The molecule has 0 aliphatic rings. The molecule has 0 bridgehead atoms. The number of carbonyl (C=O) groups excluding carboxylic acids is 1. The van der Waals surface area contributed by atoms with E-state index in [-0.39, 0.29) is 10.6 Å². The SMILES string of the molecule is O=C(O)C=Cc1ccc(C(=O)Nc2cc(F)ccc2F)s1. The third-order valence-corrected chi connectivity index (χ3v) is 3.47. The molecule has 0 spiro atoms. The van der Waals surface area contributed by atoms with Crippen molar-refractivity contribution in [2.45, 2.75) is 0 Å². The summed E-state index contributed by atoms with van der Waals surface area (Å²) in [6.45, 7) is 0. The summed E-state index contributed by atoms with van der Waals surface area (Å²) in [6, 6.07) is 5.77. The summed E-state index contributed by atoms with van der Waals surface area (Å²) in [5, 5.41) is 10.8. The van der Waals surface area contributed by atoms with Gasteiger partial charge in [-0.05, 0) is 30.3 Å². The second kappa shape index (κ2) is 6.27. The van der Waals surface area contributed by atoms with Crippen LogP contribution in [-0.4, -0.2) is 17.0 Å². The molecule has 0 aliphatic carbocycles. The smallest absolute Gasteiger partial charge is 0.328 e. The molecular weight excluding hydrogens is 300 g/mol. The van der Waals surface area contributed by atoms with Gasteiger partial charge in [-0.2, -0.15) is 0 Å². The number of hydrogen-bond donors (Lipinski definition) is 2. The first-order valence-electron chi connectivity index (χ1n) is 5.73. The molecular formula is C14H9F2NO3S. The average molecular weight is 309 g/mol. The van der Waals surface area contributed by atoms with E-state index in [1.54, 1.807) is 6.07 Å². The Labute approximate surface area is 122 Å². The fourth-order valence-corrected chi connectivity index (χ4v) is 2.30. The number of aliphatic carboxylic acids is 1. The van der Waals surface area contributed by atoms with E-state index in [1.165, 1.54) is 12.1 Å². The Kier molecular flexibility index (Phi) is 4.44. The normalized spacial score (nSPS) is 10.8. The van der Waals surface area contributed by atoms with Crippen LogP contribution in [0.25, 0.3) is 6.08 Å². The largest absolute Gasteiger partial charge is 0.478 e. The fraction of sp³-hybridized carbons (Fsp3) is 0. The summed E-state index contributed by atoms with van der Waals surface area (Å²) in [5.74, 6) is -3.11. The lowest BCUT2D eigenvalue weighted by molar-refractivity contribution is -0.131. The molecule has 1 aromatic heterocycles. The van der Waals surface area contributed by atoms with Crippen LogP contribution in [0.4, 0.5) is 14.5 Å². The van der Waals surface area contributed by atoms with Gasteiger partial charge in [0.1, 0.15) is 11.6 Å². The number of thiophene rings is 1. The van der Waals surface area contributed by atoms with Crippen molar-refractivity contribution in [1.82, 2.24) is 0 Å². The molecule has 1 amide bonds. The van der Waals surface area contributed by atoms with Gasteiger partial charge >= 0.3 is 5.97 Å². The fourth-order valence-electron chi connectivity index (χ4n) is 1.50. The second-order valence-electron chi connectivity index (χ2n) is 3.95. The third kappa shape index (κ3) is 3.96. The van der Waals surface area contributed by atoms with E-state index in [9.17, 15) is 18.4 Å². The molecule has 21 heavy (non-hydrogen) atoms. The predicted molar refractivity (Wildman–Crippen MR) is 75.3 cm³/mol. The summed E-state index contributed by atoms with van der Waals surface area (Å²) < 4.78 is 26.4. The maximum Gasteiger partial charge on any atom is 0.328 e. The van der Waals surface area contributed by atoms with Crippen LogP contribution in [-0.2, 0) is 4.79 Å². The van der Waals surface area contributed by atoms with Gasteiger partial charge in [0.25, 0.3) is 5.91 Å². The van der Waals surface area contributed by atoms with E-state index in [2.05, 4.69) is 5.32 Å². The highest BCUT2D eigenvalue weighted by atomic mass is 32.1. The Hall–Kier alpha value is -2.54. The van der Waals surface area contributed by atoms with E-state index < -0.39 is 23.5 Å². The van der Waals surface area contributed by atoms with Crippen molar-refractivity contribution in [3.8, 4) is 0 Å². The van der Waals surface area contributed by atoms with Crippen LogP contribution in [0.1, 0.15) is 14.5 Å². The number of hydrogen-bond acceptors (Lipinski definition) is 3. The second-order valence-corrected chi connectivity index (χ2v) is 5.07. The number of anilines is 1. The zero-order valence-electron chi connectivity index (χ0n) is 10.5. The van der Waals surface area contributed by atoms with Crippen molar-refractivity contribution in [2.24, 2.45) is 0 Å². The van der Waals surface area contributed by atoms with Crippen LogP contribution in [0.5, 0.6) is 0 Å². The summed E-state index contributed by atoms with van der Waals surface area (Å²) in [4.78, 5) is 23.1. The maximum absolute atomic E-state index is 13.4. The van der Waals surface area contributed by atoms with Crippen molar-refractivity contribution < 1.29 is 23.5 Å². The number of nitrogens with one attached hydrogen (secondary N) is 1. The van der Waals surface area contributed by atoms with Gasteiger partial charge in [0.15, 0.2) is 0 Å². The molecule has 4 nitrogen and oxygen atoms in total. The quantitative estimate of drug-likeness (QED) is 0.851. The van der Waals surface area contributed by atoms with Crippen LogP contribution in [0.15, 0.2) is 36.4 Å². The summed E-state index contributed by atoms with van der Waals surface area (Å²) in [6.07, 6.45) is 2.28. The molecule has 0 unspecified atom stereocenters. The van der Waals surface area contributed by atoms with Gasteiger partial charge in [-0.1, -0.05) is 0 Å². The molecule has 0 aliphatic heterocycles. The van der Waals surface area contributed by atoms with Crippen molar-refractivity contribution in [2.75, 3.05) is 5.32 Å². The van der Waals surface area contributed by atoms with Crippen LogP contribution < -0.4 is 5.32 Å². The van der Waals surface area contributed by atoms with Gasteiger partial charge in [0.05, 0.1) is 10.6 Å². The Morgan fingerprint density at radius 3 is 2.67 bits per heavy atom. The number of halogens is 2. The van der Waals surface area contributed by atoms with Gasteiger partial charge < -0.3 is 10.4 Å². The van der Waals surface area contributed by atoms with Crippen LogP contribution >= 0.6 is 11.3 Å². The topological polar surface area (TPSA) is 66.4 Å². The first-order valence-corrected chi connectivity index (χ1v) is 6.54. The van der Waals surface area contributed by atoms with E-state index in [1.807, 2.05) is 0 Å². The minimum atomic E-state index is -1.10. The molecule has 2 N–H and O–H groups in total. The number of rotatable bonds is 4. The Morgan fingerprint density at radius 2 is 1.95 bits per heavy atom. The monoisotopic (exact) mass is 309 g/mol. The Balaban J connectivity index is 2.14. The summed E-state index contributed by atoms with van der Waals surface area (Å²) >= 11 is 1.03. The van der Waals surface area contributed by atoms with Crippen molar-refractivity contribution >= 4 is 35.0 Å². The number of amides is 1. The molecule has 0 fully saturated rings. The number of carbonyl (C=O) groups is 2. The average Bonchev–Trinajstić information content (AvgIpc) is 2.89. The molecule has 2 rings (SSSR count). The number of carboxylic acid groups (broad SMARTS) is 1. The standard InChI is InChI=1S/C14H9F2NO3S/c15-8-1-4-10(16)11(7-8)17-14(20)12-5-2-9(21-12)3-6-13(18)19/h1-7H,(H,17,20)(H,18,19). The number of benzene rings is 1. The minimum Gasteiger partial charge on any atom is -0.478 e. The lowest BCUT2D eigenvalue weighted by atomic mass is 10.3. The first kappa shape index (κ1) is 14.9.